The Morgan fingerprint density at radius 2 is 1.65 bits per heavy atom. The summed E-state index contributed by atoms with van der Waals surface area (Å²) in [6.45, 7) is 6.40. The number of hydrogen-bond acceptors (Lipinski definition) is 4. The molecule has 0 radical (unpaired) electrons. The second-order valence-corrected chi connectivity index (χ2v) is 6.24. The second kappa shape index (κ2) is 10.1. The standard InChI is InChI=1S/C12H27O4P/c1-4-7-8-9-10-12(13)11-17(14,15-5-2)16-6-3/h12-13H,4-11H2,1-3H3. The van der Waals surface area contributed by atoms with Crippen LogP contribution >= 0.6 is 7.60 Å². The van der Waals surface area contributed by atoms with E-state index in [4.69, 9.17) is 9.05 Å². The highest BCUT2D eigenvalue weighted by molar-refractivity contribution is 7.53. The highest BCUT2D eigenvalue weighted by Gasteiger charge is 2.27. The highest BCUT2D eigenvalue weighted by Crippen LogP contribution is 2.48. The van der Waals surface area contributed by atoms with Gasteiger partial charge in [0.05, 0.1) is 25.5 Å². The predicted octanol–water partition coefficient (Wildman–Crippen LogP) is 3.58. The molecule has 0 aromatic carbocycles. The molecule has 1 unspecified atom stereocenters. The zero-order valence-electron chi connectivity index (χ0n) is 11.4. The van der Waals surface area contributed by atoms with Gasteiger partial charge in [0.2, 0.25) is 0 Å². The van der Waals surface area contributed by atoms with Gasteiger partial charge in [-0.1, -0.05) is 32.6 Å². The Bertz CT molecular complexity index is 211. The summed E-state index contributed by atoms with van der Waals surface area (Å²) < 4.78 is 22.4. The van der Waals surface area contributed by atoms with Crippen LogP contribution in [0, 0.1) is 0 Å². The van der Waals surface area contributed by atoms with Crippen molar-refractivity contribution in [2.24, 2.45) is 0 Å². The quantitative estimate of drug-likeness (QED) is 0.458. The molecule has 4 nitrogen and oxygen atoms in total. The summed E-state index contributed by atoms with van der Waals surface area (Å²) in [4.78, 5) is 0. The van der Waals surface area contributed by atoms with Gasteiger partial charge in [-0.25, -0.2) is 0 Å². The van der Waals surface area contributed by atoms with E-state index in [9.17, 15) is 9.67 Å². The average Bonchev–Trinajstić information content (AvgIpc) is 2.24. The maximum absolute atomic E-state index is 12.1. The van der Waals surface area contributed by atoms with Crippen LogP contribution in [0.1, 0.15) is 52.9 Å². The largest absolute Gasteiger partial charge is 0.392 e. The molecular weight excluding hydrogens is 239 g/mol. The first-order valence-corrected chi connectivity index (χ1v) is 8.37. The summed E-state index contributed by atoms with van der Waals surface area (Å²) >= 11 is 0. The van der Waals surface area contributed by atoms with Crippen LogP contribution in [-0.4, -0.2) is 30.6 Å². The first-order valence-electron chi connectivity index (χ1n) is 6.64. The van der Waals surface area contributed by atoms with Gasteiger partial charge in [-0.2, -0.15) is 0 Å². The van der Waals surface area contributed by atoms with Gasteiger partial charge in [0.1, 0.15) is 0 Å². The lowest BCUT2D eigenvalue weighted by Crippen LogP contribution is -2.15. The van der Waals surface area contributed by atoms with E-state index in [1.807, 2.05) is 0 Å². The predicted molar refractivity (Wildman–Crippen MR) is 70.5 cm³/mol. The minimum Gasteiger partial charge on any atom is -0.392 e. The fourth-order valence-corrected chi connectivity index (χ4v) is 3.46. The Hall–Kier alpha value is 0.110. The van der Waals surface area contributed by atoms with E-state index in [0.29, 0.717) is 19.6 Å². The fourth-order valence-electron chi connectivity index (χ4n) is 1.69. The fraction of sp³-hybridized carbons (Fsp3) is 1.00. The molecule has 0 rings (SSSR count). The first kappa shape index (κ1) is 17.1. The van der Waals surface area contributed by atoms with E-state index < -0.39 is 13.7 Å². The van der Waals surface area contributed by atoms with Crippen LogP contribution in [0.25, 0.3) is 0 Å². The van der Waals surface area contributed by atoms with Gasteiger partial charge in [0.15, 0.2) is 0 Å². The van der Waals surface area contributed by atoms with Crippen molar-refractivity contribution in [3.05, 3.63) is 0 Å². The van der Waals surface area contributed by atoms with Crippen LogP contribution in [0.4, 0.5) is 0 Å². The van der Waals surface area contributed by atoms with E-state index >= 15 is 0 Å². The molecule has 0 bridgehead atoms. The van der Waals surface area contributed by atoms with Crippen molar-refractivity contribution in [2.45, 2.75) is 59.0 Å². The molecule has 1 N–H and O–H groups in total. The topological polar surface area (TPSA) is 55.8 Å². The Morgan fingerprint density at radius 1 is 1.06 bits per heavy atom. The third-order valence-electron chi connectivity index (χ3n) is 2.48. The van der Waals surface area contributed by atoms with Crippen LogP contribution in [0.3, 0.4) is 0 Å². The zero-order chi connectivity index (χ0) is 13.1. The molecule has 0 aromatic rings. The van der Waals surface area contributed by atoms with Crippen molar-refractivity contribution in [1.29, 1.82) is 0 Å². The van der Waals surface area contributed by atoms with Gasteiger partial charge in [-0.3, -0.25) is 4.57 Å². The van der Waals surface area contributed by atoms with E-state index in [-0.39, 0.29) is 6.16 Å². The smallest absolute Gasteiger partial charge is 0.333 e. The van der Waals surface area contributed by atoms with Crippen molar-refractivity contribution in [3.8, 4) is 0 Å². The number of hydrogen-bond donors (Lipinski definition) is 1. The monoisotopic (exact) mass is 266 g/mol. The summed E-state index contributed by atoms with van der Waals surface area (Å²) in [5, 5.41) is 9.81. The normalized spacial score (nSPS) is 13.9. The molecule has 0 amide bonds. The third-order valence-corrected chi connectivity index (χ3v) is 4.65. The second-order valence-electron chi connectivity index (χ2n) is 4.13. The molecule has 17 heavy (non-hydrogen) atoms. The van der Waals surface area contributed by atoms with Gasteiger partial charge in [0, 0.05) is 0 Å². The molecule has 0 saturated heterocycles. The third kappa shape index (κ3) is 8.78. The molecule has 0 aliphatic heterocycles. The van der Waals surface area contributed by atoms with Crippen LogP contribution in [0.15, 0.2) is 0 Å². The summed E-state index contributed by atoms with van der Waals surface area (Å²) in [5.41, 5.74) is 0. The number of aliphatic hydroxyl groups is 1. The molecule has 0 heterocycles. The van der Waals surface area contributed by atoms with Gasteiger partial charge in [0.25, 0.3) is 0 Å². The zero-order valence-corrected chi connectivity index (χ0v) is 12.2. The lowest BCUT2D eigenvalue weighted by molar-refractivity contribution is 0.159. The van der Waals surface area contributed by atoms with Crippen molar-refractivity contribution in [3.63, 3.8) is 0 Å². The van der Waals surface area contributed by atoms with Crippen LogP contribution in [0.5, 0.6) is 0 Å². The van der Waals surface area contributed by atoms with E-state index in [0.717, 1.165) is 12.8 Å². The average molecular weight is 266 g/mol. The van der Waals surface area contributed by atoms with Crippen LogP contribution in [-0.2, 0) is 13.6 Å². The summed E-state index contributed by atoms with van der Waals surface area (Å²) in [6.07, 6.45) is 4.63. The molecule has 0 aromatic heterocycles. The van der Waals surface area contributed by atoms with E-state index in [1.165, 1.54) is 12.8 Å². The molecule has 5 heteroatoms. The van der Waals surface area contributed by atoms with E-state index in [2.05, 4.69) is 6.92 Å². The highest BCUT2D eigenvalue weighted by atomic mass is 31.2. The Kier molecular flexibility index (Phi) is 10.1. The van der Waals surface area contributed by atoms with Crippen molar-refractivity contribution in [1.82, 2.24) is 0 Å². The Labute approximate surface area is 105 Å². The molecule has 0 aliphatic carbocycles. The molecule has 0 spiro atoms. The van der Waals surface area contributed by atoms with Gasteiger partial charge < -0.3 is 14.2 Å². The molecule has 104 valence electrons. The Balaban J connectivity index is 3.95. The number of rotatable bonds is 11. The number of unbranched alkanes of at least 4 members (excludes halogenated alkanes) is 3. The minimum atomic E-state index is -3.08. The maximum atomic E-state index is 12.1. The first-order chi connectivity index (χ1) is 8.08. The lowest BCUT2D eigenvalue weighted by Gasteiger charge is -2.19. The summed E-state index contributed by atoms with van der Waals surface area (Å²) in [7, 11) is -3.08. The number of aliphatic hydroxyl groups excluding tert-OH is 1. The van der Waals surface area contributed by atoms with Gasteiger partial charge >= 0.3 is 7.60 Å². The van der Waals surface area contributed by atoms with Crippen LogP contribution in [0.2, 0.25) is 0 Å². The maximum Gasteiger partial charge on any atom is 0.333 e. The molecule has 0 aliphatic rings. The summed E-state index contributed by atoms with van der Waals surface area (Å²) in [5.74, 6) is 0. The van der Waals surface area contributed by atoms with Gasteiger partial charge in [-0.05, 0) is 20.3 Å². The molecule has 1 atom stereocenters. The van der Waals surface area contributed by atoms with Crippen LogP contribution < -0.4 is 0 Å². The molecule has 0 saturated carbocycles. The Morgan fingerprint density at radius 3 is 2.12 bits per heavy atom. The van der Waals surface area contributed by atoms with Crippen molar-refractivity contribution < 1.29 is 18.7 Å². The van der Waals surface area contributed by atoms with Crippen molar-refractivity contribution in [2.75, 3.05) is 19.4 Å². The lowest BCUT2D eigenvalue weighted by atomic mass is 10.1. The summed E-state index contributed by atoms with van der Waals surface area (Å²) in [6, 6.07) is 0. The van der Waals surface area contributed by atoms with E-state index in [1.54, 1.807) is 13.8 Å². The SMILES string of the molecule is CCCCCCC(O)CP(=O)(OCC)OCC. The minimum absolute atomic E-state index is 0.112. The van der Waals surface area contributed by atoms with Gasteiger partial charge in [-0.15, -0.1) is 0 Å². The molecular formula is C12H27O4P. The van der Waals surface area contributed by atoms with Crippen molar-refractivity contribution >= 4 is 7.60 Å². The molecule has 0 fully saturated rings.